The number of amides is 2. The number of anilines is 2. The average molecular weight is 489 g/mol. The Morgan fingerprint density at radius 3 is 2.17 bits per heavy atom. The number of para-hydroxylation sites is 1. The van der Waals surface area contributed by atoms with Crippen LogP contribution < -0.4 is 24.8 Å². The molecule has 4 rings (SSSR count). The summed E-state index contributed by atoms with van der Waals surface area (Å²) in [6.07, 6.45) is 0. The van der Waals surface area contributed by atoms with Gasteiger partial charge in [-0.25, -0.2) is 0 Å². The first-order valence-electron chi connectivity index (χ1n) is 10.8. The van der Waals surface area contributed by atoms with Crippen LogP contribution in [-0.4, -0.2) is 53.4 Å². The number of benzene rings is 3. The van der Waals surface area contributed by atoms with Gasteiger partial charge in [-0.05, 0) is 53.7 Å². The van der Waals surface area contributed by atoms with Gasteiger partial charge < -0.3 is 24.8 Å². The highest BCUT2D eigenvalue weighted by Crippen LogP contribution is 2.27. The number of ether oxygens (including phenoxy) is 3. The minimum atomic E-state index is -0.370. The summed E-state index contributed by atoms with van der Waals surface area (Å²) < 4.78 is 15.6. The fourth-order valence-corrected chi connectivity index (χ4v) is 3.34. The highest BCUT2D eigenvalue weighted by molar-refractivity contribution is 6.06. The number of aromatic nitrogens is 4. The second kappa shape index (κ2) is 11.0. The number of carbonyl (C=O) groups is 2. The van der Waals surface area contributed by atoms with Crippen LogP contribution in [0.15, 0.2) is 66.7 Å². The van der Waals surface area contributed by atoms with Gasteiger partial charge in [0, 0.05) is 22.9 Å². The Hall–Kier alpha value is -4.93. The van der Waals surface area contributed by atoms with Crippen LogP contribution >= 0.6 is 0 Å². The molecule has 0 unspecified atom stereocenters. The number of carbonyl (C=O) groups excluding carboxylic acids is 2. The fourth-order valence-electron chi connectivity index (χ4n) is 3.34. The second-order valence-corrected chi connectivity index (χ2v) is 7.52. The van der Waals surface area contributed by atoms with Crippen LogP contribution in [0, 0.1) is 0 Å². The smallest absolute Gasteiger partial charge is 0.255 e. The Morgan fingerprint density at radius 2 is 1.50 bits per heavy atom. The van der Waals surface area contributed by atoms with Gasteiger partial charge in [-0.15, -0.1) is 10.2 Å². The third-order valence-corrected chi connectivity index (χ3v) is 5.14. The molecular weight excluding hydrogens is 464 g/mol. The molecule has 1 heterocycles. The molecule has 0 saturated heterocycles. The summed E-state index contributed by atoms with van der Waals surface area (Å²) in [6.45, 7) is -0.142. The molecule has 0 aliphatic carbocycles. The molecule has 11 nitrogen and oxygen atoms in total. The van der Waals surface area contributed by atoms with Gasteiger partial charge in [-0.3, -0.25) is 9.59 Å². The molecule has 2 N–H and O–H groups in total. The van der Waals surface area contributed by atoms with E-state index in [-0.39, 0.29) is 24.2 Å². The van der Waals surface area contributed by atoms with Gasteiger partial charge >= 0.3 is 0 Å². The molecule has 0 radical (unpaired) electrons. The van der Waals surface area contributed by atoms with Crippen LogP contribution in [0.4, 0.5) is 11.4 Å². The maximum atomic E-state index is 13.0. The lowest BCUT2D eigenvalue weighted by Crippen LogP contribution is -2.20. The summed E-state index contributed by atoms with van der Waals surface area (Å²) in [6, 6.07) is 18.9. The van der Waals surface area contributed by atoms with Crippen LogP contribution in [0.1, 0.15) is 10.4 Å². The lowest BCUT2D eigenvalue weighted by Gasteiger charge is -2.11. The Kier molecular flexibility index (Phi) is 7.39. The summed E-state index contributed by atoms with van der Waals surface area (Å²) in [5.41, 5.74) is 1.99. The quantitative estimate of drug-likeness (QED) is 0.367. The van der Waals surface area contributed by atoms with E-state index in [0.29, 0.717) is 39.8 Å². The standard InChI is InChI=1S/C25H24N6O5/c1-34-18-10-8-17(9-11-18)26-23(32)15-31-29-24(28-30-31)21-6-4-5-7-22(21)27-25(33)16-12-19(35-2)14-20(13-16)36-3/h4-14H,15H2,1-3H3,(H,26,32)(H,27,33). The van der Waals surface area contributed by atoms with Crippen molar-refractivity contribution >= 4 is 23.2 Å². The molecule has 0 aliphatic rings. The van der Waals surface area contributed by atoms with Crippen molar-refractivity contribution in [3.63, 3.8) is 0 Å². The van der Waals surface area contributed by atoms with Crippen molar-refractivity contribution in [3.8, 4) is 28.6 Å². The molecule has 1 aromatic heterocycles. The molecule has 0 spiro atoms. The van der Waals surface area contributed by atoms with Crippen molar-refractivity contribution in [2.75, 3.05) is 32.0 Å². The second-order valence-electron chi connectivity index (χ2n) is 7.52. The summed E-state index contributed by atoms with van der Waals surface area (Å²) in [7, 11) is 4.59. The van der Waals surface area contributed by atoms with Gasteiger partial charge in [0.15, 0.2) is 0 Å². The number of hydrogen-bond donors (Lipinski definition) is 2. The predicted octanol–water partition coefficient (Wildman–Crippen LogP) is 3.26. The maximum Gasteiger partial charge on any atom is 0.255 e. The molecule has 36 heavy (non-hydrogen) atoms. The van der Waals surface area contributed by atoms with Crippen molar-refractivity contribution in [2.24, 2.45) is 0 Å². The number of rotatable bonds is 9. The number of nitrogens with one attached hydrogen (secondary N) is 2. The van der Waals surface area contributed by atoms with Gasteiger partial charge in [-0.1, -0.05) is 12.1 Å². The highest BCUT2D eigenvalue weighted by atomic mass is 16.5. The third-order valence-electron chi connectivity index (χ3n) is 5.14. The SMILES string of the molecule is COc1ccc(NC(=O)Cn2nnc(-c3ccccc3NC(=O)c3cc(OC)cc(OC)c3)n2)cc1. The Balaban J connectivity index is 1.47. The fraction of sp³-hybridized carbons (Fsp3) is 0.160. The zero-order valence-electron chi connectivity index (χ0n) is 19.9. The average Bonchev–Trinajstić information content (AvgIpc) is 3.37. The Bertz CT molecular complexity index is 1350. The Morgan fingerprint density at radius 1 is 0.833 bits per heavy atom. The monoisotopic (exact) mass is 488 g/mol. The summed E-state index contributed by atoms with van der Waals surface area (Å²) in [4.78, 5) is 26.5. The van der Waals surface area contributed by atoms with Crippen LogP contribution in [0.3, 0.4) is 0 Å². The first kappa shape index (κ1) is 24.2. The van der Waals surface area contributed by atoms with Gasteiger partial charge in [0.2, 0.25) is 11.7 Å². The summed E-state index contributed by atoms with van der Waals surface area (Å²) >= 11 is 0. The molecule has 184 valence electrons. The van der Waals surface area contributed by atoms with E-state index < -0.39 is 0 Å². The number of tetrazole rings is 1. The highest BCUT2D eigenvalue weighted by Gasteiger charge is 2.16. The molecule has 0 fully saturated rings. The van der Waals surface area contributed by atoms with Crippen molar-refractivity contribution in [1.29, 1.82) is 0 Å². The molecular formula is C25H24N6O5. The van der Waals surface area contributed by atoms with Crippen molar-refractivity contribution in [2.45, 2.75) is 6.54 Å². The molecule has 11 heteroatoms. The van der Waals surface area contributed by atoms with Gasteiger partial charge in [0.05, 0.1) is 27.0 Å². The summed E-state index contributed by atoms with van der Waals surface area (Å²) in [5, 5.41) is 18.0. The first-order valence-corrected chi connectivity index (χ1v) is 10.8. The molecule has 3 aromatic carbocycles. The first-order chi connectivity index (χ1) is 17.5. The van der Waals surface area contributed by atoms with E-state index in [0.717, 1.165) is 0 Å². The molecule has 0 atom stereocenters. The minimum Gasteiger partial charge on any atom is -0.497 e. The van der Waals surface area contributed by atoms with E-state index in [2.05, 4.69) is 26.0 Å². The van der Waals surface area contributed by atoms with Crippen molar-refractivity contribution < 1.29 is 23.8 Å². The lowest BCUT2D eigenvalue weighted by atomic mass is 10.1. The van der Waals surface area contributed by atoms with E-state index in [4.69, 9.17) is 14.2 Å². The van der Waals surface area contributed by atoms with Crippen LogP contribution in [-0.2, 0) is 11.3 Å². The van der Waals surface area contributed by atoms with Crippen molar-refractivity contribution in [3.05, 3.63) is 72.3 Å². The van der Waals surface area contributed by atoms with Gasteiger partial charge in [-0.2, -0.15) is 4.80 Å². The zero-order chi connectivity index (χ0) is 25.5. The molecule has 0 aliphatic heterocycles. The minimum absolute atomic E-state index is 0.142. The van der Waals surface area contributed by atoms with E-state index in [1.165, 1.54) is 19.0 Å². The van der Waals surface area contributed by atoms with E-state index >= 15 is 0 Å². The third kappa shape index (κ3) is 5.76. The molecule has 2 amide bonds. The molecule has 4 aromatic rings. The number of methoxy groups -OCH3 is 3. The van der Waals surface area contributed by atoms with Crippen LogP contribution in [0.5, 0.6) is 17.2 Å². The van der Waals surface area contributed by atoms with Crippen LogP contribution in [0.2, 0.25) is 0 Å². The largest absolute Gasteiger partial charge is 0.497 e. The number of nitrogens with zero attached hydrogens (tertiary/aromatic N) is 4. The number of hydrogen-bond acceptors (Lipinski definition) is 8. The topological polar surface area (TPSA) is 129 Å². The molecule has 0 bridgehead atoms. The van der Waals surface area contributed by atoms with E-state index in [9.17, 15) is 9.59 Å². The maximum absolute atomic E-state index is 13.0. The lowest BCUT2D eigenvalue weighted by molar-refractivity contribution is -0.117. The van der Waals surface area contributed by atoms with Gasteiger partial charge in [0.25, 0.3) is 5.91 Å². The van der Waals surface area contributed by atoms with E-state index in [1.807, 2.05) is 0 Å². The predicted molar refractivity (Wildman–Crippen MR) is 132 cm³/mol. The van der Waals surface area contributed by atoms with Gasteiger partial charge in [0.1, 0.15) is 23.8 Å². The zero-order valence-corrected chi connectivity index (χ0v) is 19.9. The van der Waals surface area contributed by atoms with Crippen LogP contribution in [0.25, 0.3) is 11.4 Å². The molecule has 0 saturated carbocycles. The normalized spacial score (nSPS) is 10.4. The summed E-state index contributed by atoms with van der Waals surface area (Å²) in [5.74, 6) is 1.23. The van der Waals surface area contributed by atoms with E-state index in [1.54, 1.807) is 73.8 Å². The van der Waals surface area contributed by atoms with Crippen molar-refractivity contribution in [1.82, 2.24) is 20.2 Å². The Labute approximate surface area is 207 Å².